The molecule has 1 saturated heterocycles. The van der Waals surface area contributed by atoms with Crippen molar-refractivity contribution in [3.8, 4) is 11.5 Å². The number of aliphatic imine (C=N–C) groups is 1. The molecule has 1 aromatic rings. The molecule has 2 N–H and O–H groups in total. The molecule has 1 fully saturated rings. The van der Waals surface area contributed by atoms with E-state index >= 15 is 0 Å². The molecule has 0 bridgehead atoms. The molecule has 9 nitrogen and oxygen atoms in total. The van der Waals surface area contributed by atoms with Crippen LogP contribution >= 0.6 is 24.0 Å². The third kappa shape index (κ3) is 10.8. The second-order valence-corrected chi connectivity index (χ2v) is 8.21. The zero-order valence-corrected chi connectivity index (χ0v) is 22.9. The van der Waals surface area contributed by atoms with Crippen LogP contribution in [0.25, 0.3) is 0 Å². The number of methoxy groups -OCH3 is 2. The van der Waals surface area contributed by atoms with Gasteiger partial charge in [0.15, 0.2) is 17.5 Å². The van der Waals surface area contributed by atoms with Gasteiger partial charge < -0.3 is 29.7 Å². The number of hydrogen-bond acceptors (Lipinski definition) is 6. The topological polar surface area (TPSA) is 87.7 Å². The molecule has 33 heavy (non-hydrogen) atoms. The van der Waals surface area contributed by atoms with Crippen LogP contribution in [0.4, 0.5) is 0 Å². The molecule has 1 atom stereocenters. The summed E-state index contributed by atoms with van der Waals surface area (Å²) in [6.45, 7) is 8.15. The number of rotatable bonds is 11. The van der Waals surface area contributed by atoms with Crippen molar-refractivity contribution in [2.75, 3.05) is 80.8 Å². The van der Waals surface area contributed by atoms with Crippen LogP contribution in [0.5, 0.6) is 11.5 Å². The van der Waals surface area contributed by atoms with Gasteiger partial charge in [0, 0.05) is 46.8 Å². The van der Waals surface area contributed by atoms with Gasteiger partial charge in [0.05, 0.1) is 27.4 Å². The predicted octanol–water partition coefficient (Wildman–Crippen LogP) is 1.46. The highest BCUT2D eigenvalue weighted by Crippen LogP contribution is 2.28. The summed E-state index contributed by atoms with van der Waals surface area (Å²) in [4.78, 5) is 20.4. The summed E-state index contributed by atoms with van der Waals surface area (Å²) in [7, 11) is 6.76. The maximum Gasteiger partial charge on any atom is 0.243 e. The summed E-state index contributed by atoms with van der Waals surface area (Å²) < 4.78 is 16.1. The molecule has 1 amide bonds. The Morgan fingerprint density at radius 3 is 2.52 bits per heavy atom. The number of benzene rings is 1. The second kappa shape index (κ2) is 15.9. The van der Waals surface area contributed by atoms with E-state index < -0.39 is 0 Å². The number of nitrogens with zero attached hydrogens (tertiary/aromatic N) is 3. The van der Waals surface area contributed by atoms with Gasteiger partial charge in [-0.2, -0.15) is 0 Å². The van der Waals surface area contributed by atoms with Gasteiger partial charge in [-0.05, 0) is 30.0 Å². The Kier molecular flexibility index (Phi) is 14.1. The zero-order valence-electron chi connectivity index (χ0n) is 20.6. The smallest absolute Gasteiger partial charge is 0.243 e. The Morgan fingerprint density at radius 2 is 1.88 bits per heavy atom. The highest BCUT2D eigenvalue weighted by Gasteiger charge is 2.12. The van der Waals surface area contributed by atoms with E-state index in [0.29, 0.717) is 11.9 Å². The van der Waals surface area contributed by atoms with Gasteiger partial charge in [0.1, 0.15) is 6.54 Å². The summed E-state index contributed by atoms with van der Waals surface area (Å²) >= 11 is 0. The first-order valence-electron chi connectivity index (χ1n) is 11.2. The van der Waals surface area contributed by atoms with E-state index in [9.17, 15) is 4.79 Å². The number of ether oxygens (including phenoxy) is 3. The monoisotopic (exact) mass is 577 g/mol. The van der Waals surface area contributed by atoms with Crippen LogP contribution in [0.15, 0.2) is 23.2 Å². The van der Waals surface area contributed by atoms with Gasteiger partial charge in [-0.1, -0.05) is 13.0 Å². The fraction of sp³-hybridized carbons (Fsp3) is 0.652. The number of halogens is 1. The number of carbonyl (C=O) groups is 1. The quantitative estimate of drug-likeness (QED) is 0.234. The number of guanidine groups is 1. The summed E-state index contributed by atoms with van der Waals surface area (Å²) in [5.74, 6) is 2.44. The first-order chi connectivity index (χ1) is 15.4. The predicted molar refractivity (Wildman–Crippen MR) is 142 cm³/mol. The number of morpholine rings is 1. The molecular weight excluding hydrogens is 537 g/mol. The van der Waals surface area contributed by atoms with Crippen molar-refractivity contribution in [3.63, 3.8) is 0 Å². The molecule has 0 saturated carbocycles. The van der Waals surface area contributed by atoms with Crippen molar-refractivity contribution < 1.29 is 19.0 Å². The fourth-order valence-corrected chi connectivity index (χ4v) is 3.37. The largest absolute Gasteiger partial charge is 0.493 e. The molecule has 0 aliphatic carbocycles. The highest BCUT2D eigenvalue weighted by atomic mass is 127. The number of hydrogen-bond donors (Lipinski definition) is 2. The molecule has 2 rings (SSSR count). The van der Waals surface area contributed by atoms with Gasteiger partial charge in [-0.3, -0.25) is 9.69 Å². The maximum atomic E-state index is 12.0. The lowest BCUT2D eigenvalue weighted by atomic mass is 10.0. The molecular formula is C23H40IN5O4. The Morgan fingerprint density at radius 1 is 1.18 bits per heavy atom. The first kappa shape index (κ1) is 29.2. The minimum atomic E-state index is -0.0299. The summed E-state index contributed by atoms with van der Waals surface area (Å²) in [6, 6.07) is 6.01. The van der Waals surface area contributed by atoms with Crippen molar-refractivity contribution in [3.05, 3.63) is 23.8 Å². The number of carbonyl (C=O) groups excluding carboxylic acids is 1. The summed E-state index contributed by atoms with van der Waals surface area (Å²) in [5, 5.41) is 6.75. The van der Waals surface area contributed by atoms with Crippen LogP contribution in [0.1, 0.15) is 12.5 Å². The summed E-state index contributed by atoms with van der Waals surface area (Å²) in [6.07, 6.45) is 0.880. The molecule has 0 spiro atoms. The molecule has 0 radical (unpaired) electrons. The van der Waals surface area contributed by atoms with Crippen LogP contribution in [0.3, 0.4) is 0 Å². The lowest BCUT2D eigenvalue weighted by molar-refractivity contribution is -0.127. The average Bonchev–Trinajstić information content (AvgIpc) is 2.80. The van der Waals surface area contributed by atoms with E-state index in [-0.39, 0.29) is 36.4 Å². The van der Waals surface area contributed by atoms with Crippen LogP contribution in [-0.2, 0) is 16.0 Å². The van der Waals surface area contributed by atoms with E-state index in [1.54, 1.807) is 33.2 Å². The van der Waals surface area contributed by atoms with Crippen LogP contribution < -0.4 is 20.1 Å². The number of nitrogens with one attached hydrogen (secondary N) is 2. The van der Waals surface area contributed by atoms with Crippen LogP contribution in [0.2, 0.25) is 0 Å². The Bertz CT molecular complexity index is 742. The minimum Gasteiger partial charge on any atom is -0.493 e. The standard InChI is InChI=1S/C23H39N5O4.HI/c1-18(14-19-6-7-20(30-4)21(15-19)31-5)16-25-23(26-17-22(29)27(2)3)24-8-9-28-10-12-32-13-11-28;/h6-7,15,18H,8-14,16-17H2,1-5H3,(H2,24,25,26);1H. The molecule has 10 heteroatoms. The third-order valence-corrected chi connectivity index (χ3v) is 5.35. The zero-order chi connectivity index (χ0) is 23.3. The normalized spacial score (nSPS) is 15.2. The lowest BCUT2D eigenvalue weighted by Gasteiger charge is -2.27. The van der Waals surface area contributed by atoms with Gasteiger partial charge >= 0.3 is 0 Å². The van der Waals surface area contributed by atoms with Crippen LogP contribution in [0, 0.1) is 5.92 Å². The third-order valence-electron chi connectivity index (χ3n) is 5.35. The van der Waals surface area contributed by atoms with Crippen molar-refractivity contribution in [2.45, 2.75) is 13.3 Å². The van der Waals surface area contributed by atoms with Gasteiger partial charge in [-0.15, -0.1) is 24.0 Å². The second-order valence-electron chi connectivity index (χ2n) is 8.21. The molecule has 1 unspecified atom stereocenters. The molecule has 1 heterocycles. The van der Waals surface area contributed by atoms with Gasteiger partial charge in [0.25, 0.3) is 0 Å². The Labute approximate surface area is 215 Å². The Balaban J connectivity index is 0.00000544. The number of likely N-dealkylation sites (N-methyl/N-ethyl adjacent to an activating group) is 1. The van der Waals surface area contributed by atoms with E-state index in [4.69, 9.17) is 14.2 Å². The fourth-order valence-electron chi connectivity index (χ4n) is 3.37. The molecule has 188 valence electrons. The highest BCUT2D eigenvalue weighted by molar-refractivity contribution is 14.0. The van der Waals surface area contributed by atoms with E-state index in [1.165, 1.54) is 5.56 Å². The summed E-state index contributed by atoms with van der Waals surface area (Å²) in [5.41, 5.74) is 1.18. The number of amides is 1. The first-order valence-corrected chi connectivity index (χ1v) is 11.2. The molecule has 1 aliphatic rings. The van der Waals surface area contributed by atoms with Crippen molar-refractivity contribution >= 4 is 35.8 Å². The maximum absolute atomic E-state index is 12.0. The minimum absolute atomic E-state index is 0. The van der Waals surface area contributed by atoms with Crippen molar-refractivity contribution in [2.24, 2.45) is 10.9 Å². The average molecular weight is 578 g/mol. The lowest BCUT2D eigenvalue weighted by Crippen LogP contribution is -2.45. The Hall–Kier alpha value is -1.79. The van der Waals surface area contributed by atoms with E-state index in [2.05, 4.69) is 33.5 Å². The molecule has 1 aliphatic heterocycles. The molecule has 1 aromatic carbocycles. The van der Waals surface area contributed by atoms with E-state index in [0.717, 1.165) is 63.9 Å². The van der Waals surface area contributed by atoms with E-state index in [1.807, 2.05) is 12.1 Å². The van der Waals surface area contributed by atoms with Gasteiger partial charge in [-0.25, -0.2) is 4.99 Å². The van der Waals surface area contributed by atoms with Crippen LogP contribution in [-0.4, -0.2) is 102 Å². The van der Waals surface area contributed by atoms with Gasteiger partial charge in [0.2, 0.25) is 5.91 Å². The molecule has 0 aromatic heterocycles. The van der Waals surface area contributed by atoms with Crippen molar-refractivity contribution in [1.82, 2.24) is 20.4 Å². The van der Waals surface area contributed by atoms with Crippen molar-refractivity contribution in [1.29, 1.82) is 0 Å². The SMILES string of the molecule is COc1ccc(CC(C)CNC(=NCC(=O)N(C)C)NCCN2CCOCC2)cc1OC.I.